The molecule has 1 aromatic carbocycles. The first-order valence-corrected chi connectivity index (χ1v) is 6.70. The molecule has 2 heteroatoms. The molecule has 0 spiro atoms. The van der Waals surface area contributed by atoms with Gasteiger partial charge in [0.15, 0.2) is 0 Å². The fourth-order valence-electron chi connectivity index (χ4n) is 0.902. The summed E-state index contributed by atoms with van der Waals surface area (Å²) in [6.45, 7) is 4.37. The summed E-state index contributed by atoms with van der Waals surface area (Å²) in [6, 6.07) is 11.0. The van der Waals surface area contributed by atoms with Crippen molar-refractivity contribution in [1.82, 2.24) is 0 Å². The fourth-order valence-corrected chi connectivity index (χ4v) is 3.25. The molecular weight excluding hydrogens is 225 g/mol. The van der Waals surface area contributed by atoms with Gasteiger partial charge in [0, 0.05) is 0 Å². The zero-order valence-electron chi connectivity index (χ0n) is 8.23. The SMILES string of the molecule is CC(C)[C@H](N)C[Se]c1ccccc1. The second-order valence-corrected chi connectivity index (χ2v) is 5.83. The van der Waals surface area contributed by atoms with E-state index in [1.807, 2.05) is 0 Å². The third-order valence-electron chi connectivity index (χ3n) is 2.04. The minimum absolute atomic E-state index is 0.361. The summed E-state index contributed by atoms with van der Waals surface area (Å²) in [6.07, 6.45) is 0. The molecule has 1 atom stereocenters. The molecule has 0 radical (unpaired) electrons. The minimum atomic E-state index is 0.361. The van der Waals surface area contributed by atoms with Gasteiger partial charge in [-0.1, -0.05) is 0 Å². The van der Waals surface area contributed by atoms with Crippen LogP contribution in [0.4, 0.5) is 0 Å². The van der Waals surface area contributed by atoms with Crippen molar-refractivity contribution < 1.29 is 0 Å². The molecule has 0 aliphatic heterocycles. The maximum absolute atomic E-state index is 5.98. The second-order valence-electron chi connectivity index (χ2n) is 3.53. The van der Waals surface area contributed by atoms with Gasteiger partial charge in [-0.05, 0) is 0 Å². The van der Waals surface area contributed by atoms with Crippen LogP contribution in [0.25, 0.3) is 0 Å². The van der Waals surface area contributed by atoms with E-state index < -0.39 is 0 Å². The molecule has 0 bridgehead atoms. The molecule has 0 aliphatic carbocycles. The molecule has 0 amide bonds. The van der Waals surface area contributed by atoms with E-state index in [0.717, 1.165) is 5.32 Å². The first-order chi connectivity index (χ1) is 6.20. The van der Waals surface area contributed by atoms with Crippen LogP contribution in [-0.4, -0.2) is 21.0 Å². The summed E-state index contributed by atoms with van der Waals surface area (Å²) in [5.41, 5.74) is 5.98. The third kappa shape index (κ3) is 3.95. The summed E-state index contributed by atoms with van der Waals surface area (Å²) >= 11 is 0.547. The number of rotatable bonds is 4. The Morgan fingerprint density at radius 3 is 2.38 bits per heavy atom. The van der Waals surface area contributed by atoms with Gasteiger partial charge in [-0.2, -0.15) is 0 Å². The Kier molecular flexibility index (Phi) is 4.51. The normalized spacial score (nSPS) is 13.2. The summed E-state index contributed by atoms with van der Waals surface area (Å²) < 4.78 is 1.45. The molecule has 0 aliphatic rings. The topological polar surface area (TPSA) is 26.0 Å². The Hall–Kier alpha value is -0.301. The standard InChI is InChI=1S/C11H17NSe/c1-9(2)11(12)8-13-10-6-4-3-5-7-10/h3-7,9,11H,8,12H2,1-2H3/t11-/m1/s1. The van der Waals surface area contributed by atoms with Crippen LogP contribution in [0, 0.1) is 5.92 Å². The fraction of sp³-hybridized carbons (Fsp3) is 0.455. The van der Waals surface area contributed by atoms with Crippen LogP contribution in [0.15, 0.2) is 30.3 Å². The average Bonchev–Trinajstić information content (AvgIpc) is 2.15. The van der Waals surface area contributed by atoms with Gasteiger partial charge in [0.1, 0.15) is 0 Å². The Morgan fingerprint density at radius 1 is 1.23 bits per heavy atom. The van der Waals surface area contributed by atoms with Crippen LogP contribution in [0.2, 0.25) is 5.32 Å². The molecule has 0 heterocycles. The second kappa shape index (κ2) is 5.43. The Bertz CT molecular complexity index is 233. The van der Waals surface area contributed by atoms with E-state index in [9.17, 15) is 0 Å². The van der Waals surface area contributed by atoms with E-state index in [4.69, 9.17) is 5.73 Å². The van der Waals surface area contributed by atoms with Crippen molar-refractivity contribution in [2.45, 2.75) is 25.2 Å². The molecule has 2 N–H and O–H groups in total. The van der Waals surface area contributed by atoms with Crippen LogP contribution in [0.1, 0.15) is 13.8 Å². The molecule has 1 nitrogen and oxygen atoms in total. The van der Waals surface area contributed by atoms with E-state index in [1.165, 1.54) is 4.46 Å². The molecule has 0 saturated carbocycles. The number of benzene rings is 1. The van der Waals surface area contributed by atoms with Crippen molar-refractivity contribution in [3.63, 3.8) is 0 Å². The molecule has 0 unspecified atom stereocenters. The molecule has 72 valence electrons. The maximum atomic E-state index is 5.98. The molecule has 0 aromatic heterocycles. The molecule has 1 rings (SSSR count). The summed E-state index contributed by atoms with van der Waals surface area (Å²) in [7, 11) is 0. The van der Waals surface area contributed by atoms with Crippen LogP contribution < -0.4 is 10.2 Å². The summed E-state index contributed by atoms with van der Waals surface area (Å²) in [4.78, 5) is 0. The molecule has 1 aromatic rings. The molecule has 13 heavy (non-hydrogen) atoms. The van der Waals surface area contributed by atoms with Crippen molar-refractivity contribution in [2.24, 2.45) is 11.7 Å². The monoisotopic (exact) mass is 243 g/mol. The number of hydrogen-bond acceptors (Lipinski definition) is 1. The first-order valence-electron chi connectivity index (χ1n) is 4.63. The van der Waals surface area contributed by atoms with Crippen LogP contribution in [-0.2, 0) is 0 Å². The Labute approximate surface area is 86.9 Å². The quantitative estimate of drug-likeness (QED) is 0.794. The number of hydrogen-bond donors (Lipinski definition) is 1. The van der Waals surface area contributed by atoms with E-state index in [1.54, 1.807) is 0 Å². The Balaban J connectivity index is 2.35. The van der Waals surface area contributed by atoms with E-state index in [0.29, 0.717) is 26.9 Å². The van der Waals surface area contributed by atoms with Gasteiger partial charge in [-0.15, -0.1) is 0 Å². The van der Waals surface area contributed by atoms with Crippen molar-refractivity contribution in [3.05, 3.63) is 30.3 Å². The van der Waals surface area contributed by atoms with Crippen molar-refractivity contribution >= 4 is 19.4 Å². The van der Waals surface area contributed by atoms with Crippen molar-refractivity contribution in [2.75, 3.05) is 0 Å². The van der Waals surface area contributed by atoms with Crippen LogP contribution in [0.5, 0.6) is 0 Å². The van der Waals surface area contributed by atoms with Gasteiger partial charge in [0.25, 0.3) is 0 Å². The predicted octanol–water partition coefficient (Wildman–Crippen LogP) is 1.42. The van der Waals surface area contributed by atoms with Gasteiger partial charge in [0.05, 0.1) is 0 Å². The summed E-state index contributed by atoms with van der Waals surface area (Å²) in [5, 5.41) is 1.15. The zero-order valence-corrected chi connectivity index (χ0v) is 9.95. The molecule has 0 saturated heterocycles. The van der Waals surface area contributed by atoms with Gasteiger partial charge >= 0.3 is 86.6 Å². The van der Waals surface area contributed by atoms with Crippen LogP contribution >= 0.6 is 0 Å². The molecule has 0 fully saturated rings. The predicted molar refractivity (Wildman–Crippen MR) is 59.5 cm³/mol. The first kappa shape index (κ1) is 10.8. The van der Waals surface area contributed by atoms with E-state index >= 15 is 0 Å². The third-order valence-corrected chi connectivity index (χ3v) is 4.47. The summed E-state index contributed by atoms with van der Waals surface area (Å²) in [5.74, 6) is 0.602. The Morgan fingerprint density at radius 2 is 1.85 bits per heavy atom. The van der Waals surface area contributed by atoms with Crippen molar-refractivity contribution in [1.29, 1.82) is 0 Å². The zero-order chi connectivity index (χ0) is 9.68. The van der Waals surface area contributed by atoms with Gasteiger partial charge in [-0.25, -0.2) is 0 Å². The average molecular weight is 242 g/mol. The van der Waals surface area contributed by atoms with Gasteiger partial charge < -0.3 is 0 Å². The van der Waals surface area contributed by atoms with Gasteiger partial charge in [-0.3, -0.25) is 0 Å². The number of nitrogens with two attached hydrogens (primary N) is 1. The van der Waals surface area contributed by atoms with Gasteiger partial charge in [0.2, 0.25) is 0 Å². The van der Waals surface area contributed by atoms with E-state index in [-0.39, 0.29) is 0 Å². The van der Waals surface area contributed by atoms with E-state index in [2.05, 4.69) is 44.2 Å². The van der Waals surface area contributed by atoms with Crippen LogP contribution in [0.3, 0.4) is 0 Å². The van der Waals surface area contributed by atoms with Crippen molar-refractivity contribution in [3.8, 4) is 0 Å². The molecular formula is C11H17NSe.